The van der Waals surface area contributed by atoms with Crippen molar-refractivity contribution in [3.8, 4) is 5.75 Å². The molecule has 2 N–H and O–H groups in total. The van der Waals surface area contributed by atoms with Gasteiger partial charge in [0.05, 0.1) is 22.4 Å². The average molecular weight is 393 g/mol. The molecule has 0 fully saturated rings. The first-order chi connectivity index (χ1) is 13.5. The number of nitrogens with one attached hydrogen (secondary N) is 1. The molecular formula is C21H17ClN4O2. The quantitative estimate of drug-likeness (QED) is 0.403. The lowest BCUT2D eigenvalue weighted by Crippen LogP contribution is -2.24. The van der Waals surface area contributed by atoms with Crippen molar-refractivity contribution >= 4 is 44.8 Å². The Morgan fingerprint density at radius 3 is 2.79 bits per heavy atom. The number of aromatic nitrogens is 2. The van der Waals surface area contributed by atoms with Crippen LogP contribution in [-0.4, -0.2) is 20.4 Å². The van der Waals surface area contributed by atoms with E-state index in [0.717, 1.165) is 16.6 Å². The van der Waals surface area contributed by atoms with Crippen molar-refractivity contribution < 1.29 is 5.11 Å². The number of hydrogen-bond donors (Lipinski definition) is 2. The van der Waals surface area contributed by atoms with E-state index in [9.17, 15) is 9.90 Å². The van der Waals surface area contributed by atoms with Gasteiger partial charge in [0.15, 0.2) is 0 Å². The maximum atomic E-state index is 12.8. The lowest BCUT2D eigenvalue weighted by atomic mass is 10.1. The number of fused-ring (bicyclic) bond motifs is 2. The Labute approximate surface area is 165 Å². The number of anilines is 1. The van der Waals surface area contributed by atoms with E-state index < -0.39 is 0 Å². The number of para-hydroxylation sites is 1. The lowest BCUT2D eigenvalue weighted by Gasteiger charge is -2.12. The third-order valence-electron chi connectivity index (χ3n) is 4.69. The van der Waals surface area contributed by atoms with Gasteiger partial charge in [-0.1, -0.05) is 23.7 Å². The number of halogens is 1. The molecule has 0 saturated carbocycles. The van der Waals surface area contributed by atoms with Crippen LogP contribution in [0.5, 0.6) is 5.75 Å². The summed E-state index contributed by atoms with van der Waals surface area (Å²) in [6, 6.07) is 14.4. The molecule has 0 aliphatic carbocycles. The van der Waals surface area contributed by atoms with E-state index in [0.29, 0.717) is 21.6 Å². The van der Waals surface area contributed by atoms with Crippen LogP contribution in [0.25, 0.3) is 21.8 Å². The van der Waals surface area contributed by atoms with Crippen molar-refractivity contribution in [1.82, 2.24) is 9.55 Å². The molecule has 0 atom stereocenters. The molecule has 0 spiro atoms. The second-order valence-electron chi connectivity index (χ2n) is 6.43. The minimum absolute atomic E-state index is 0.0758. The number of aryl methyl sites for hydroxylation is 1. The zero-order valence-corrected chi connectivity index (χ0v) is 16.0. The van der Waals surface area contributed by atoms with E-state index >= 15 is 0 Å². The van der Waals surface area contributed by atoms with Crippen LogP contribution in [0, 0.1) is 0 Å². The minimum atomic E-state index is -0.314. The molecule has 2 aromatic heterocycles. The van der Waals surface area contributed by atoms with Gasteiger partial charge in [0, 0.05) is 29.0 Å². The molecule has 140 valence electrons. The number of hydrazone groups is 1. The summed E-state index contributed by atoms with van der Waals surface area (Å²) in [7, 11) is 1.68. The Bertz CT molecular complexity index is 1310. The van der Waals surface area contributed by atoms with Crippen molar-refractivity contribution in [2.75, 3.05) is 5.43 Å². The molecule has 4 rings (SSSR count). The van der Waals surface area contributed by atoms with Gasteiger partial charge in [-0.2, -0.15) is 5.10 Å². The molecule has 0 bridgehead atoms. The smallest absolute Gasteiger partial charge is 0.263 e. The number of hydrogen-bond acceptors (Lipinski definition) is 5. The maximum Gasteiger partial charge on any atom is 0.263 e. The molecule has 28 heavy (non-hydrogen) atoms. The topological polar surface area (TPSA) is 79.5 Å². The normalized spacial score (nSPS) is 11.9. The number of pyridine rings is 2. The molecule has 0 radical (unpaired) electrons. The number of benzene rings is 2. The van der Waals surface area contributed by atoms with Gasteiger partial charge in [-0.25, -0.2) is 0 Å². The van der Waals surface area contributed by atoms with Crippen LogP contribution in [0.15, 0.2) is 64.6 Å². The number of rotatable bonds is 3. The highest BCUT2D eigenvalue weighted by Crippen LogP contribution is 2.27. The predicted octanol–water partition coefficient (Wildman–Crippen LogP) is 4.28. The molecule has 6 nitrogen and oxygen atoms in total. The van der Waals surface area contributed by atoms with Gasteiger partial charge in [-0.3, -0.25) is 15.2 Å². The Balaban J connectivity index is 1.80. The second-order valence-corrected chi connectivity index (χ2v) is 6.87. The van der Waals surface area contributed by atoms with Crippen molar-refractivity contribution in [2.45, 2.75) is 6.92 Å². The Morgan fingerprint density at radius 2 is 1.96 bits per heavy atom. The van der Waals surface area contributed by atoms with Crippen molar-refractivity contribution in [3.63, 3.8) is 0 Å². The lowest BCUT2D eigenvalue weighted by molar-refractivity contribution is 0.478. The van der Waals surface area contributed by atoms with Crippen LogP contribution in [0.2, 0.25) is 5.02 Å². The Kier molecular flexibility index (Phi) is 4.49. The van der Waals surface area contributed by atoms with E-state index in [1.807, 2.05) is 18.2 Å². The molecular weight excluding hydrogens is 376 g/mol. The molecule has 7 heteroatoms. The minimum Gasteiger partial charge on any atom is -0.506 e. The highest BCUT2D eigenvalue weighted by atomic mass is 35.5. The fourth-order valence-corrected chi connectivity index (χ4v) is 3.39. The summed E-state index contributed by atoms with van der Waals surface area (Å²) < 4.78 is 1.51. The van der Waals surface area contributed by atoms with E-state index in [-0.39, 0.29) is 16.9 Å². The fourth-order valence-electron chi connectivity index (χ4n) is 3.22. The maximum absolute atomic E-state index is 12.8. The molecule has 0 amide bonds. The fraction of sp³-hybridized carbons (Fsp3) is 0.0952. The summed E-state index contributed by atoms with van der Waals surface area (Å²) >= 11 is 6.02. The highest BCUT2D eigenvalue weighted by molar-refractivity contribution is 6.31. The van der Waals surface area contributed by atoms with Crippen LogP contribution >= 0.6 is 11.6 Å². The van der Waals surface area contributed by atoms with Crippen LogP contribution in [-0.2, 0) is 7.05 Å². The first-order valence-electron chi connectivity index (χ1n) is 8.63. The van der Waals surface area contributed by atoms with E-state index in [1.165, 1.54) is 4.57 Å². The van der Waals surface area contributed by atoms with Gasteiger partial charge in [-0.05, 0) is 43.3 Å². The highest BCUT2D eigenvalue weighted by Gasteiger charge is 2.17. The molecule has 2 aromatic carbocycles. The standard InChI is InChI=1S/C21H17ClN4O2/c1-12(19-20(27)15-5-3-4-6-18(15)26(2)21(19)28)24-25-16-9-10-23-17-11-13(22)7-8-14(16)17/h3-11,27H,1-2H3,(H,23,25)/b24-12+. The molecule has 0 aliphatic heterocycles. The van der Waals surface area contributed by atoms with Crippen LogP contribution in [0.3, 0.4) is 0 Å². The third kappa shape index (κ3) is 2.97. The SMILES string of the molecule is C/C(=N\Nc1ccnc2cc(Cl)ccc12)c1c(O)c2ccccc2n(C)c1=O. The van der Waals surface area contributed by atoms with Gasteiger partial charge in [0.2, 0.25) is 0 Å². The Hall–Kier alpha value is -3.38. The molecule has 2 heterocycles. The molecule has 0 unspecified atom stereocenters. The van der Waals surface area contributed by atoms with Crippen LogP contribution < -0.4 is 11.0 Å². The summed E-state index contributed by atoms with van der Waals surface area (Å²) in [6.07, 6.45) is 1.65. The summed E-state index contributed by atoms with van der Waals surface area (Å²) in [4.78, 5) is 17.1. The van der Waals surface area contributed by atoms with Crippen LogP contribution in [0.1, 0.15) is 12.5 Å². The summed E-state index contributed by atoms with van der Waals surface area (Å²) in [6.45, 7) is 1.68. The monoisotopic (exact) mass is 392 g/mol. The third-order valence-corrected chi connectivity index (χ3v) is 4.92. The molecule has 0 aliphatic rings. The van der Waals surface area contributed by atoms with E-state index in [2.05, 4.69) is 15.5 Å². The summed E-state index contributed by atoms with van der Waals surface area (Å²) in [5.74, 6) is -0.0758. The van der Waals surface area contributed by atoms with E-state index in [4.69, 9.17) is 11.6 Å². The first-order valence-corrected chi connectivity index (χ1v) is 9.01. The zero-order chi connectivity index (χ0) is 19.8. The van der Waals surface area contributed by atoms with Gasteiger partial charge >= 0.3 is 0 Å². The van der Waals surface area contributed by atoms with Crippen molar-refractivity contribution in [2.24, 2.45) is 12.1 Å². The molecule has 4 aromatic rings. The molecule has 0 saturated heterocycles. The number of nitrogens with zero attached hydrogens (tertiary/aromatic N) is 3. The first kappa shape index (κ1) is 18.0. The average Bonchev–Trinajstić information content (AvgIpc) is 2.70. The van der Waals surface area contributed by atoms with Crippen molar-refractivity contribution in [3.05, 3.63) is 75.7 Å². The van der Waals surface area contributed by atoms with E-state index in [1.54, 1.807) is 50.5 Å². The largest absolute Gasteiger partial charge is 0.506 e. The van der Waals surface area contributed by atoms with Crippen LogP contribution in [0.4, 0.5) is 5.69 Å². The van der Waals surface area contributed by atoms with Gasteiger partial charge in [-0.15, -0.1) is 0 Å². The number of aromatic hydroxyl groups is 1. The summed E-state index contributed by atoms with van der Waals surface area (Å²) in [5.41, 5.74) is 5.31. The van der Waals surface area contributed by atoms with Gasteiger partial charge in [0.1, 0.15) is 11.3 Å². The summed E-state index contributed by atoms with van der Waals surface area (Å²) in [5, 5.41) is 17.1. The van der Waals surface area contributed by atoms with Gasteiger partial charge < -0.3 is 9.67 Å². The van der Waals surface area contributed by atoms with Crippen molar-refractivity contribution in [1.29, 1.82) is 0 Å². The zero-order valence-electron chi connectivity index (χ0n) is 15.3. The van der Waals surface area contributed by atoms with Gasteiger partial charge in [0.25, 0.3) is 5.56 Å². The predicted molar refractivity (Wildman–Crippen MR) is 113 cm³/mol. The second kappa shape index (κ2) is 6.98. The Morgan fingerprint density at radius 1 is 1.18 bits per heavy atom.